The van der Waals surface area contributed by atoms with Crippen LogP contribution in [0.25, 0.3) is 0 Å². The van der Waals surface area contributed by atoms with Gasteiger partial charge >= 0.3 is 0 Å². The van der Waals surface area contributed by atoms with Crippen molar-refractivity contribution in [1.29, 1.82) is 0 Å². The number of aromatic nitrogens is 2. The number of hydrogen-bond acceptors (Lipinski definition) is 2. The highest BCUT2D eigenvalue weighted by Gasteiger charge is 2.17. The fourth-order valence-electron chi connectivity index (χ4n) is 2.58. The largest absolute Gasteiger partial charge is 0.333 e. The second-order valence-corrected chi connectivity index (χ2v) is 5.55. The molecule has 0 bridgehead atoms. The van der Waals surface area contributed by atoms with E-state index in [2.05, 4.69) is 28.7 Å². The van der Waals surface area contributed by atoms with Crippen LogP contribution >= 0.6 is 0 Å². The van der Waals surface area contributed by atoms with Gasteiger partial charge in [0, 0.05) is 18.8 Å². The summed E-state index contributed by atoms with van der Waals surface area (Å²) < 4.78 is 2.34. The quantitative estimate of drug-likeness (QED) is 0.849. The fourth-order valence-corrected chi connectivity index (χ4v) is 2.58. The van der Waals surface area contributed by atoms with Gasteiger partial charge in [-0.1, -0.05) is 20.3 Å². The number of imidazole rings is 1. The molecule has 1 N–H and O–H groups in total. The Hall–Kier alpha value is -0.830. The Morgan fingerprint density at radius 1 is 1.47 bits per heavy atom. The van der Waals surface area contributed by atoms with E-state index < -0.39 is 0 Å². The molecular weight excluding hydrogens is 210 g/mol. The molecule has 1 aromatic rings. The normalized spacial score (nSPS) is 21.0. The Labute approximate surface area is 105 Å². The van der Waals surface area contributed by atoms with E-state index in [1.165, 1.54) is 37.8 Å². The Balaban J connectivity index is 1.91. The average molecular weight is 235 g/mol. The molecule has 1 aliphatic rings. The SMILES string of the molecule is CC(C)CCCn1cncc1C1CCCCN1. The van der Waals surface area contributed by atoms with Gasteiger partial charge < -0.3 is 9.88 Å². The fraction of sp³-hybridized carbons (Fsp3) is 0.786. The molecule has 1 unspecified atom stereocenters. The standard InChI is InChI=1S/C14H25N3/c1-12(2)6-5-9-17-11-15-10-14(17)13-7-3-4-8-16-13/h10-13,16H,3-9H2,1-2H3. The molecule has 1 saturated heterocycles. The Kier molecular flexibility index (Phi) is 4.60. The maximum atomic E-state index is 4.32. The molecule has 0 saturated carbocycles. The average Bonchev–Trinajstić information content (AvgIpc) is 2.78. The van der Waals surface area contributed by atoms with Crippen molar-refractivity contribution in [2.24, 2.45) is 5.92 Å². The van der Waals surface area contributed by atoms with Gasteiger partial charge in [0.15, 0.2) is 0 Å². The maximum absolute atomic E-state index is 4.32. The van der Waals surface area contributed by atoms with Gasteiger partial charge in [0.1, 0.15) is 0 Å². The van der Waals surface area contributed by atoms with E-state index in [1.54, 1.807) is 0 Å². The third kappa shape index (κ3) is 3.56. The highest BCUT2D eigenvalue weighted by atomic mass is 15.1. The van der Waals surface area contributed by atoms with Crippen LogP contribution in [0.15, 0.2) is 12.5 Å². The number of rotatable bonds is 5. The Morgan fingerprint density at radius 3 is 3.06 bits per heavy atom. The molecule has 0 amide bonds. The highest BCUT2D eigenvalue weighted by Crippen LogP contribution is 2.22. The molecule has 3 heteroatoms. The number of aryl methyl sites for hydroxylation is 1. The molecule has 0 aliphatic carbocycles. The number of piperidine rings is 1. The molecule has 1 fully saturated rings. The van der Waals surface area contributed by atoms with Crippen LogP contribution < -0.4 is 5.32 Å². The third-order valence-electron chi connectivity index (χ3n) is 3.59. The molecule has 3 nitrogen and oxygen atoms in total. The summed E-state index contributed by atoms with van der Waals surface area (Å²) in [7, 11) is 0. The Morgan fingerprint density at radius 2 is 2.35 bits per heavy atom. The molecule has 0 aromatic carbocycles. The van der Waals surface area contributed by atoms with Crippen molar-refractivity contribution in [2.45, 2.75) is 58.5 Å². The van der Waals surface area contributed by atoms with Crippen LogP contribution in [-0.2, 0) is 6.54 Å². The molecule has 2 rings (SSSR count). The summed E-state index contributed by atoms with van der Waals surface area (Å²) in [5, 5.41) is 3.60. The van der Waals surface area contributed by atoms with E-state index in [0.717, 1.165) is 19.0 Å². The van der Waals surface area contributed by atoms with E-state index in [-0.39, 0.29) is 0 Å². The Bertz CT molecular complexity index is 324. The van der Waals surface area contributed by atoms with Crippen LogP contribution in [0.5, 0.6) is 0 Å². The van der Waals surface area contributed by atoms with Crippen LogP contribution in [0.3, 0.4) is 0 Å². The second-order valence-electron chi connectivity index (χ2n) is 5.55. The van der Waals surface area contributed by atoms with E-state index >= 15 is 0 Å². The first-order chi connectivity index (χ1) is 8.27. The first-order valence-corrected chi connectivity index (χ1v) is 7.01. The van der Waals surface area contributed by atoms with Crippen LogP contribution in [0.1, 0.15) is 57.7 Å². The molecule has 17 heavy (non-hydrogen) atoms. The lowest BCUT2D eigenvalue weighted by Gasteiger charge is -2.24. The zero-order valence-electron chi connectivity index (χ0n) is 11.2. The lowest BCUT2D eigenvalue weighted by atomic mass is 10.0. The summed E-state index contributed by atoms with van der Waals surface area (Å²) in [6.07, 6.45) is 10.5. The predicted octanol–water partition coefficient (Wildman–Crippen LogP) is 3.13. The van der Waals surface area contributed by atoms with Crippen molar-refractivity contribution >= 4 is 0 Å². The minimum absolute atomic E-state index is 0.533. The van der Waals surface area contributed by atoms with Crippen LogP contribution in [-0.4, -0.2) is 16.1 Å². The number of nitrogens with zero attached hydrogens (tertiary/aromatic N) is 2. The van der Waals surface area contributed by atoms with Gasteiger partial charge in [0.05, 0.1) is 12.0 Å². The van der Waals surface area contributed by atoms with Crippen molar-refractivity contribution < 1.29 is 0 Å². The molecule has 96 valence electrons. The molecule has 1 atom stereocenters. The van der Waals surface area contributed by atoms with Crippen LogP contribution in [0, 0.1) is 5.92 Å². The highest BCUT2D eigenvalue weighted by molar-refractivity contribution is 5.06. The summed E-state index contributed by atoms with van der Waals surface area (Å²) in [5.74, 6) is 0.801. The van der Waals surface area contributed by atoms with Gasteiger partial charge in [-0.3, -0.25) is 0 Å². The molecule has 1 aliphatic heterocycles. The zero-order valence-corrected chi connectivity index (χ0v) is 11.2. The minimum atomic E-state index is 0.533. The van der Waals surface area contributed by atoms with Crippen molar-refractivity contribution in [3.05, 3.63) is 18.2 Å². The molecular formula is C14H25N3. The van der Waals surface area contributed by atoms with Gasteiger partial charge in [0.2, 0.25) is 0 Å². The van der Waals surface area contributed by atoms with Gasteiger partial charge in [-0.15, -0.1) is 0 Å². The van der Waals surface area contributed by atoms with Gasteiger partial charge in [-0.2, -0.15) is 0 Å². The molecule has 1 aromatic heterocycles. The number of hydrogen-bond donors (Lipinski definition) is 1. The van der Waals surface area contributed by atoms with Crippen molar-refractivity contribution in [3.8, 4) is 0 Å². The smallest absolute Gasteiger partial charge is 0.0948 e. The summed E-state index contributed by atoms with van der Waals surface area (Å²) >= 11 is 0. The monoisotopic (exact) mass is 235 g/mol. The predicted molar refractivity (Wildman–Crippen MR) is 70.9 cm³/mol. The van der Waals surface area contributed by atoms with E-state index in [9.17, 15) is 0 Å². The molecule has 0 radical (unpaired) electrons. The summed E-state index contributed by atoms with van der Waals surface area (Å²) in [4.78, 5) is 4.32. The maximum Gasteiger partial charge on any atom is 0.0948 e. The minimum Gasteiger partial charge on any atom is -0.333 e. The van der Waals surface area contributed by atoms with Crippen molar-refractivity contribution in [1.82, 2.24) is 14.9 Å². The van der Waals surface area contributed by atoms with Gasteiger partial charge in [-0.25, -0.2) is 4.98 Å². The van der Waals surface area contributed by atoms with E-state index in [0.29, 0.717) is 6.04 Å². The lowest BCUT2D eigenvalue weighted by molar-refractivity contribution is 0.389. The van der Waals surface area contributed by atoms with Crippen molar-refractivity contribution in [2.75, 3.05) is 6.54 Å². The van der Waals surface area contributed by atoms with Gasteiger partial charge in [-0.05, 0) is 38.1 Å². The topological polar surface area (TPSA) is 29.9 Å². The molecule has 0 spiro atoms. The van der Waals surface area contributed by atoms with Gasteiger partial charge in [0.25, 0.3) is 0 Å². The second kappa shape index (κ2) is 6.20. The summed E-state index contributed by atoms with van der Waals surface area (Å²) in [6, 6.07) is 0.533. The third-order valence-corrected chi connectivity index (χ3v) is 3.59. The van der Waals surface area contributed by atoms with E-state index in [4.69, 9.17) is 0 Å². The van der Waals surface area contributed by atoms with Crippen molar-refractivity contribution in [3.63, 3.8) is 0 Å². The van der Waals surface area contributed by atoms with Crippen LogP contribution in [0.4, 0.5) is 0 Å². The molecule has 2 heterocycles. The first-order valence-electron chi connectivity index (χ1n) is 7.01. The number of nitrogens with one attached hydrogen (secondary N) is 1. The summed E-state index contributed by atoms with van der Waals surface area (Å²) in [6.45, 7) is 6.85. The first kappa shape index (κ1) is 12.6. The lowest BCUT2D eigenvalue weighted by Crippen LogP contribution is -2.28. The zero-order chi connectivity index (χ0) is 12.1. The summed E-state index contributed by atoms with van der Waals surface area (Å²) in [5.41, 5.74) is 1.38. The van der Waals surface area contributed by atoms with Crippen LogP contribution in [0.2, 0.25) is 0 Å². The van der Waals surface area contributed by atoms with E-state index in [1.807, 2.05) is 12.5 Å².